The van der Waals surface area contributed by atoms with Gasteiger partial charge in [0.25, 0.3) is 5.91 Å². The number of hydrogen-bond donors (Lipinski definition) is 1. The molecule has 146 valence electrons. The fraction of sp³-hybridized carbons (Fsp3) is 0. The zero-order chi connectivity index (χ0) is 20.3. The molecule has 9 heteroatoms. The average Bonchev–Trinajstić information content (AvgIpc) is 3.55. The van der Waals surface area contributed by atoms with Crippen LogP contribution in [-0.4, -0.2) is 26.2 Å². The van der Waals surface area contributed by atoms with Crippen molar-refractivity contribution in [3.8, 4) is 32.5 Å². The number of carbonyl (C=O) groups excluding carboxylic acids is 1. The fourth-order valence-corrected chi connectivity index (χ4v) is 4.51. The highest BCUT2D eigenvalue weighted by molar-refractivity contribution is 7.19. The summed E-state index contributed by atoms with van der Waals surface area (Å²) in [6, 6.07) is 21.1. The summed E-state index contributed by atoms with van der Waals surface area (Å²) in [5.41, 5.74) is 3.05. The Kier molecular flexibility index (Phi) is 4.88. The number of anilines is 1. The Bertz CT molecular complexity index is 1280. The van der Waals surface area contributed by atoms with Crippen LogP contribution in [-0.2, 0) is 0 Å². The molecule has 3 heterocycles. The lowest BCUT2D eigenvalue weighted by atomic mass is 10.1. The normalized spacial score (nSPS) is 10.8. The molecule has 5 aromatic rings. The number of nitrogens with zero attached hydrogens (tertiary/aromatic N) is 4. The van der Waals surface area contributed by atoms with Gasteiger partial charge in [0.05, 0.1) is 5.69 Å². The average molecular weight is 432 g/mol. The molecule has 0 spiro atoms. The van der Waals surface area contributed by atoms with Crippen molar-refractivity contribution in [3.05, 3.63) is 77.9 Å². The highest BCUT2D eigenvalue weighted by Crippen LogP contribution is 2.35. The Hall–Kier alpha value is -3.69. The van der Waals surface area contributed by atoms with Gasteiger partial charge in [-0.1, -0.05) is 77.2 Å². The highest BCUT2D eigenvalue weighted by atomic mass is 32.1. The Morgan fingerprint density at radius 2 is 1.57 bits per heavy atom. The van der Waals surface area contributed by atoms with E-state index in [-0.39, 0.29) is 5.91 Å². The van der Waals surface area contributed by atoms with Gasteiger partial charge in [-0.15, -0.1) is 21.5 Å². The molecule has 0 fully saturated rings. The predicted molar refractivity (Wildman–Crippen MR) is 116 cm³/mol. The molecular weight excluding hydrogens is 418 g/mol. The van der Waals surface area contributed by atoms with E-state index in [1.165, 1.54) is 28.9 Å². The number of aromatic nitrogens is 4. The van der Waals surface area contributed by atoms with Crippen molar-refractivity contribution >= 4 is 33.7 Å². The van der Waals surface area contributed by atoms with Crippen LogP contribution in [0.4, 0.5) is 5.13 Å². The number of carbonyl (C=O) groups is 1. The topological polar surface area (TPSA) is 93.8 Å². The molecular formula is C21H13N5O2S2. The molecule has 0 atom stereocenters. The summed E-state index contributed by atoms with van der Waals surface area (Å²) in [4.78, 5) is 18.4. The first-order valence-electron chi connectivity index (χ1n) is 8.95. The first-order valence-corrected chi connectivity index (χ1v) is 10.6. The van der Waals surface area contributed by atoms with Crippen LogP contribution < -0.4 is 5.32 Å². The van der Waals surface area contributed by atoms with E-state index in [1.54, 1.807) is 6.07 Å². The van der Waals surface area contributed by atoms with Crippen molar-refractivity contribution in [1.82, 2.24) is 20.3 Å². The Labute approximate surface area is 179 Å². The van der Waals surface area contributed by atoms with Gasteiger partial charge in [-0.2, -0.15) is 0 Å². The van der Waals surface area contributed by atoms with E-state index < -0.39 is 0 Å². The monoisotopic (exact) mass is 431 g/mol. The standard InChI is InChI=1S/C21H13N5O2S2/c27-18(23-21-25-24-20(30-21)15-11-12-28-26-15)17-16(13-7-3-1-4-8-13)22-19(29-17)14-9-5-2-6-10-14/h1-12H,(H,23,25,27). The van der Waals surface area contributed by atoms with E-state index >= 15 is 0 Å². The minimum atomic E-state index is -0.281. The van der Waals surface area contributed by atoms with Gasteiger partial charge in [-0.3, -0.25) is 10.1 Å². The zero-order valence-corrected chi connectivity index (χ0v) is 17.0. The maximum Gasteiger partial charge on any atom is 0.269 e. The maximum atomic E-state index is 13.1. The summed E-state index contributed by atoms with van der Waals surface area (Å²) in [5, 5.41) is 16.5. The van der Waals surface area contributed by atoms with Gasteiger partial charge in [0, 0.05) is 17.2 Å². The van der Waals surface area contributed by atoms with Crippen LogP contribution in [0.2, 0.25) is 0 Å². The summed E-state index contributed by atoms with van der Waals surface area (Å²) in [5.74, 6) is -0.281. The molecule has 0 saturated heterocycles. The van der Waals surface area contributed by atoms with E-state index in [1.807, 2.05) is 60.7 Å². The summed E-state index contributed by atoms with van der Waals surface area (Å²) >= 11 is 2.57. The molecule has 0 aliphatic heterocycles. The fourth-order valence-electron chi connectivity index (χ4n) is 2.82. The Morgan fingerprint density at radius 1 is 0.833 bits per heavy atom. The Morgan fingerprint density at radius 3 is 2.27 bits per heavy atom. The summed E-state index contributed by atoms with van der Waals surface area (Å²) in [7, 11) is 0. The third-order valence-electron chi connectivity index (χ3n) is 4.20. The molecule has 2 aromatic carbocycles. The molecule has 0 aliphatic rings. The van der Waals surface area contributed by atoms with Crippen molar-refractivity contribution < 1.29 is 9.32 Å². The number of nitrogens with one attached hydrogen (secondary N) is 1. The molecule has 3 aromatic heterocycles. The third kappa shape index (κ3) is 3.63. The predicted octanol–water partition coefficient (Wildman–Crippen LogP) is 5.24. The van der Waals surface area contributed by atoms with Crippen LogP contribution in [0.15, 0.2) is 77.5 Å². The van der Waals surface area contributed by atoms with Gasteiger partial charge in [-0.05, 0) is 0 Å². The lowest BCUT2D eigenvalue weighted by molar-refractivity contribution is 0.103. The van der Waals surface area contributed by atoms with Crippen LogP contribution in [0, 0.1) is 0 Å². The number of amides is 1. The van der Waals surface area contributed by atoms with Crippen LogP contribution in [0.3, 0.4) is 0 Å². The molecule has 1 amide bonds. The second-order valence-corrected chi connectivity index (χ2v) is 8.16. The van der Waals surface area contributed by atoms with Gasteiger partial charge in [0.15, 0.2) is 5.01 Å². The summed E-state index contributed by atoms with van der Waals surface area (Å²) in [6.07, 6.45) is 1.46. The molecule has 7 nitrogen and oxygen atoms in total. The molecule has 1 N–H and O–H groups in total. The first kappa shape index (κ1) is 18.3. The van der Waals surface area contributed by atoms with Gasteiger partial charge >= 0.3 is 0 Å². The molecule has 30 heavy (non-hydrogen) atoms. The van der Waals surface area contributed by atoms with Crippen molar-refractivity contribution in [2.75, 3.05) is 5.32 Å². The van der Waals surface area contributed by atoms with Crippen LogP contribution in [0.1, 0.15) is 9.67 Å². The minimum Gasteiger partial charge on any atom is -0.364 e. The van der Waals surface area contributed by atoms with Crippen molar-refractivity contribution in [3.63, 3.8) is 0 Å². The van der Waals surface area contributed by atoms with Gasteiger partial charge in [0.1, 0.15) is 21.8 Å². The van der Waals surface area contributed by atoms with E-state index in [0.29, 0.717) is 26.4 Å². The van der Waals surface area contributed by atoms with Crippen molar-refractivity contribution in [1.29, 1.82) is 0 Å². The number of benzene rings is 2. The quantitative estimate of drug-likeness (QED) is 0.409. The molecule has 5 rings (SSSR count). The van der Waals surface area contributed by atoms with Gasteiger partial charge in [0.2, 0.25) is 5.13 Å². The summed E-state index contributed by atoms with van der Waals surface area (Å²) < 4.78 is 4.83. The zero-order valence-electron chi connectivity index (χ0n) is 15.4. The van der Waals surface area contributed by atoms with Crippen molar-refractivity contribution in [2.24, 2.45) is 0 Å². The smallest absolute Gasteiger partial charge is 0.269 e. The van der Waals surface area contributed by atoms with Crippen LogP contribution in [0.5, 0.6) is 0 Å². The van der Waals surface area contributed by atoms with E-state index in [0.717, 1.165) is 16.1 Å². The van der Waals surface area contributed by atoms with Crippen LogP contribution in [0.25, 0.3) is 32.5 Å². The highest BCUT2D eigenvalue weighted by Gasteiger charge is 2.22. The first-order chi connectivity index (χ1) is 14.8. The van der Waals surface area contributed by atoms with Crippen molar-refractivity contribution in [2.45, 2.75) is 0 Å². The second-order valence-electron chi connectivity index (χ2n) is 6.18. The van der Waals surface area contributed by atoms with E-state index in [2.05, 4.69) is 20.7 Å². The number of hydrogen-bond acceptors (Lipinski definition) is 8. The molecule has 0 saturated carbocycles. The van der Waals surface area contributed by atoms with Gasteiger partial charge in [-0.25, -0.2) is 4.98 Å². The SMILES string of the molecule is O=C(Nc1nnc(-c2ccon2)s1)c1sc(-c2ccccc2)nc1-c1ccccc1. The lowest BCUT2D eigenvalue weighted by Crippen LogP contribution is -2.11. The maximum absolute atomic E-state index is 13.1. The van der Waals surface area contributed by atoms with Gasteiger partial charge < -0.3 is 4.52 Å². The van der Waals surface area contributed by atoms with E-state index in [4.69, 9.17) is 9.51 Å². The molecule has 0 bridgehead atoms. The molecule has 0 radical (unpaired) electrons. The number of rotatable bonds is 5. The largest absolute Gasteiger partial charge is 0.364 e. The summed E-state index contributed by atoms with van der Waals surface area (Å²) in [6.45, 7) is 0. The van der Waals surface area contributed by atoms with E-state index in [9.17, 15) is 4.79 Å². The Balaban J connectivity index is 1.49. The number of thiazole rings is 1. The lowest BCUT2D eigenvalue weighted by Gasteiger charge is -2.02. The minimum absolute atomic E-state index is 0.281. The molecule has 0 aliphatic carbocycles. The van der Waals surface area contributed by atoms with Crippen LogP contribution >= 0.6 is 22.7 Å². The third-order valence-corrected chi connectivity index (χ3v) is 6.17. The second kappa shape index (κ2) is 7.97. The molecule has 0 unspecified atom stereocenters.